The first-order chi connectivity index (χ1) is 15.9. The van der Waals surface area contributed by atoms with Gasteiger partial charge in [-0.05, 0) is 18.6 Å². The van der Waals surface area contributed by atoms with E-state index >= 15 is 0 Å². The van der Waals surface area contributed by atoms with Gasteiger partial charge < -0.3 is 9.80 Å². The third-order valence-corrected chi connectivity index (χ3v) is 6.19. The summed E-state index contributed by atoms with van der Waals surface area (Å²) in [5.41, 5.74) is 2.35. The van der Waals surface area contributed by atoms with Gasteiger partial charge in [-0.2, -0.15) is 4.98 Å². The van der Waals surface area contributed by atoms with Crippen molar-refractivity contribution in [2.75, 3.05) is 36.0 Å². The maximum Gasteiger partial charge on any atom is 0.332 e. The van der Waals surface area contributed by atoms with Crippen molar-refractivity contribution >= 4 is 23.1 Å². The maximum absolute atomic E-state index is 13.1. The second kappa shape index (κ2) is 8.19. The van der Waals surface area contributed by atoms with Crippen molar-refractivity contribution in [2.45, 2.75) is 13.5 Å². The van der Waals surface area contributed by atoms with E-state index in [1.807, 2.05) is 11.5 Å². The predicted molar refractivity (Wildman–Crippen MR) is 127 cm³/mol. The first-order valence-corrected chi connectivity index (χ1v) is 10.9. The van der Waals surface area contributed by atoms with Crippen LogP contribution in [0.15, 0.2) is 52.3 Å². The average molecular weight is 447 g/mol. The second-order valence-corrected chi connectivity index (χ2v) is 8.38. The van der Waals surface area contributed by atoms with Gasteiger partial charge in [0.15, 0.2) is 11.2 Å². The Morgan fingerprint density at radius 2 is 1.52 bits per heavy atom. The van der Waals surface area contributed by atoms with Gasteiger partial charge in [0.2, 0.25) is 11.9 Å². The van der Waals surface area contributed by atoms with Gasteiger partial charge in [0.05, 0.1) is 6.54 Å². The SMILES string of the molecule is Cc1ccc(Cn2c(N3CCN(c4ncccn4)CC3)nc3c2c(=O)n(C)c(=O)n3C)cc1. The van der Waals surface area contributed by atoms with Crippen LogP contribution >= 0.6 is 0 Å². The molecule has 0 amide bonds. The third-order valence-electron chi connectivity index (χ3n) is 6.19. The highest BCUT2D eigenvalue weighted by Crippen LogP contribution is 2.23. The van der Waals surface area contributed by atoms with Crippen molar-refractivity contribution in [2.24, 2.45) is 14.1 Å². The highest BCUT2D eigenvalue weighted by molar-refractivity contribution is 5.75. The van der Waals surface area contributed by atoms with Crippen LogP contribution in [0.3, 0.4) is 0 Å². The van der Waals surface area contributed by atoms with Gasteiger partial charge >= 0.3 is 5.69 Å². The highest BCUT2D eigenvalue weighted by Gasteiger charge is 2.26. The fourth-order valence-electron chi connectivity index (χ4n) is 4.26. The molecule has 3 aromatic heterocycles. The van der Waals surface area contributed by atoms with Crippen LogP contribution in [0.25, 0.3) is 11.2 Å². The van der Waals surface area contributed by atoms with Crippen LogP contribution in [-0.4, -0.2) is 54.8 Å². The van der Waals surface area contributed by atoms with Gasteiger partial charge in [0.25, 0.3) is 5.56 Å². The zero-order valence-corrected chi connectivity index (χ0v) is 19.0. The Hall–Kier alpha value is -3.95. The Kier molecular flexibility index (Phi) is 5.20. The summed E-state index contributed by atoms with van der Waals surface area (Å²) in [6.07, 6.45) is 3.48. The molecular formula is C23H26N8O2. The Bertz CT molecular complexity index is 1410. The van der Waals surface area contributed by atoms with Crippen LogP contribution in [0, 0.1) is 6.92 Å². The number of piperazine rings is 1. The first kappa shape index (κ1) is 20.9. The molecule has 10 nitrogen and oxygen atoms in total. The van der Waals surface area contributed by atoms with Crippen LogP contribution in [0.1, 0.15) is 11.1 Å². The minimum Gasteiger partial charge on any atom is -0.339 e. The number of aromatic nitrogens is 6. The average Bonchev–Trinajstić information content (AvgIpc) is 3.22. The Morgan fingerprint density at radius 3 is 2.18 bits per heavy atom. The van der Waals surface area contributed by atoms with E-state index in [0.717, 1.165) is 23.2 Å². The van der Waals surface area contributed by atoms with Crippen molar-refractivity contribution in [1.29, 1.82) is 0 Å². The van der Waals surface area contributed by atoms with E-state index in [2.05, 4.69) is 44.0 Å². The van der Waals surface area contributed by atoms with E-state index in [0.29, 0.717) is 42.7 Å². The van der Waals surface area contributed by atoms with E-state index in [1.165, 1.54) is 17.2 Å². The number of fused-ring (bicyclic) bond motifs is 1. The molecule has 0 spiro atoms. The van der Waals surface area contributed by atoms with Crippen molar-refractivity contribution in [1.82, 2.24) is 28.7 Å². The Morgan fingerprint density at radius 1 is 0.879 bits per heavy atom. The monoisotopic (exact) mass is 446 g/mol. The van der Waals surface area contributed by atoms with Gasteiger partial charge in [-0.15, -0.1) is 0 Å². The van der Waals surface area contributed by atoms with Gasteiger partial charge in [0.1, 0.15) is 0 Å². The Balaban J connectivity index is 1.57. The van der Waals surface area contributed by atoms with Crippen molar-refractivity contribution in [3.63, 3.8) is 0 Å². The molecule has 0 N–H and O–H groups in total. The molecule has 1 aliphatic heterocycles. The molecule has 10 heteroatoms. The van der Waals surface area contributed by atoms with Crippen LogP contribution < -0.4 is 21.0 Å². The summed E-state index contributed by atoms with van der Waals surface area (Å²) in [7, 11) is 3.16. The number of nitrogens with zero attached hydrogens (tertiary/aromatic N) is 8. The zero-order valence-electron chi connectivity index (χ0n) is 19.0. The van der Waals surface area contributed by atoms with E-state index in [1.54, 1.807) is 25.5 Å². The summed E-state index contributed by atoms with van der Waals surface area (Å²) in [5.74, 6) is 1.40. The largest absolute Gasteiger partial charge is 0.339 e. The maximum atomic E-state index is 13.1. The lowest BCUT2D eigenvalue weighted by atomic mass is 10.1. The van der Waals surface area contributed by atoms with Gasteiger partial charge in [-0.1, -0.05) is 29.8 Å². The summed E-state index contributed by atoms with van der Waals surface area (Å²) >= 11 is 0. The van der Waals surface area contributed by atoms with Crippen molar-refractivity contribution in [3.05, 3.63) is 74.7 Å². The minimum absolute atomic E-state index is 0.338. The lowest BCUT2D eigenvalue weighted by molar-refractivity contribution is 0.615. The molecule has 1 aliphatic rings. The molecular weight excluding hydrogens is 420 g/mol. The summed E-state index contributed by atoms with van der Waals surface area (Å²) in [5, 5.41) is 0. The summed E-state index contributed by atoms with van der Waals surface area (Å²) < 4.78 is 4.53. The number of aryl methyl sites for hydroxylation is 2. The lowest BCUT2D eigenvalue weighted by Gasteiger charge is -2.35. The molecule has 4 heterocycles. The van der Waals surface area contributed by atoms with Crippen molar-refractivity contribution < 1.29 is 0 Å². The predicted octanol–water partition coefficient (Wildman–Crippen LogP) is 0.907. The zero-order chi connectivity index (χ0) is 23.1. The number of hydrogen-bond acceptors (Lipinski definition) is 7. The normalized spacial score (nSPS) is 14.3. The second-order valence-electron chi connectivity index (χ2n) is 8.38. The number of hydrogen-bond donors (Lipinski definition) is 0. The highest BCUT2D eigenvalue weighted by atomic mass is 16.2. The first-order valence-electron chi connectivity index (χ1n) is 10.9. The summed E-state index contributed by atoms with van der Waals surface area (Å²) in [6, 6.07) is 10.0. The smallest absolute Gasteiger partial charge is 0.332 e. The molecule has 0 aliphatic carbocycles. The Labute approximate surface area is 190 Å². The number of benzene rings is 1. The number of anilines is 2. The topological polar surface area (TPSA) is 94.1 Å². The van der Waals surface area contributed by atoms with E-state index in [4.69, 9.17) is 4.98 Å². The van der Waals surface area contributed by atoms with E-state index in [-0.39, 0.29) is 11.2 Å². The quantitative estimate of drug-likeness (QED) is 0.460. The molecule has 0 atom stereocenters. The van der Waals surface area contributed by atoms with Crippen LogP contribution in [-0.2, 0) is 20.6 Å². The molecule has 0 bridgehead atoms. The summed E-state index contributed by atoms with van der Waals surface area (Å²) in [4.78, 5) is 43.5. The molecule has 1 saturated heterocycles. The molecule has 1 aromatic carbocycles. The molecule has 5 rings (SSSR count). The number of rotatable bonds is 4. The van der Waals surface area contributed by atoms with Gasteiger partial charge in [-0.3, -0.25) is 18.5 Å². The molecule has 0 saturated carbocycles. The number of imidazole rings is 1. The van der Waals surface area contributed by atoms with E-state index < -0.39 is 0 Å². The van der Waals surface area contributed by atoms with Gasteiger partial charge in [-0.25, -0.2) is 14.8 Å². The molecule has 0 unspecified atom stereocenters. The standard InChI is InChI=1S/C23H26N8O2/c1-16-5-7-17(8-6-16)15-31-18-19(27(2)23(33)28(3)20(18)32)26-22(31)30-13-11-29(12-14-30)21-24-9-4-10-25-21/h4-10H,11-15H2,1-3H3. The van der Waals surface area contributed by atoms with Crippen LogP contribution in [0.2, 0.25) is 0 Å². The fourth-order valence-corrected chi connectivity index (χ4v) is 4.26. The summed E-state index contributed by atoms with van der Waals surface area (Å²) in [6.45, 7) is 5.39. The van der Waals surface area contributed by atoms with Crippen LogP contribution in [0.4, 0.5) is 11.9 Å². The molecule has 1 fully saturated rings. The van der Waals surface area contributed by atoms with Crippen molar-refractivity contribution in [3.8, 4) is 0 Å². The molecule has 4 aromatic rings. The molecule has 33 heavy (non-hydrogen) atoms. The molecule has 170 valence electrons. The molecule has 0 radical (unpaired) electrons. The minimum atomic E-state index is -0.384. The third kappa shape index (κ3) is 3.67. The van der Waals surface area contributed by atoms with E-state index in [9.17, 15) is 9.59 Å². The van der Waals surface area contributed by atoms with Gasteiger partial charge in [0, 0.05) is 52.7 Å². The fraction of sp³-hybridized carbons (Fsp3) is 0.348. The van der Waals surface area contributed by atoms with Crippen LogP contribution in [0.5, 0.6) is 0 Å². The lowest BCUT2D eigenvalue weighted by Crippen LogP contribution is -2.48.